The fourth-order valence-corrected chi connectivity index (χ4v) is 4.68. The molecule has 0 amide bonds. The van der Waals surface area contributed by atoms with Crippen LogP contribution >= 0.6 is 11.8 Å². The lowest BCUT2D eigenvalue weighted by atomic mass is 10.2. The van der Waals surface area contributed by atoms with E-state index in [1.54, 1.807) is 34.5 Å². The highest BCUT2D eigenvalue weighted by molar-refractivity contribution is 7.98. The molecule has 9 heteroatoms. The van der Waals surface area contributed by atoms with Gasteiger partial charge in [0.25, 0.3) is 0 Å². The van der Waals surface area contributed by atoms with Crippen molar-refractivity contribution in [1.29, 1.82) is 0 Å². The molecule has 28 heavy (non-hydrogen) atoms. The van der Waals surface area contributed by atoms with Crippen LogP contribution in [0, 0.1) is 5.82 Å². The Bertz CT molecular complexity index is 1110. The van der Waals surface area contributed by atoms with Gasteiger partial charge in [-0.3, -0.25) is 4.79 Å². The number of imidazole rings is 1. The second-order valence-electron chi connectivity index (χ2n) is 6.29. The van der Waals surface area contributed by atoms with Crippen LogP contribution in [-0.4, -0.2) is 41.1 Å². The van der Waals surface area contributed by atoms with E-state index in [9.17, 15) is 22.7 Å². The highest BCUT2D eigenvalue weighted by Gasteiger charge is 2.18. The number of hydrogen-bond donors (Lipinski definition) is 1. The van der Waals surface area contributed by atoms with E-state index in [1.165, 1.54) is 12.1 Å². The van der Waals surface area contributed by atoms with E-state index in [2.05, 4.69) is 4.98 Å². The molecule has 2 aromatic carbocycles. The van der Waals surface area contributed by atoms with Gasteiger partial charge in [0.15, 0.2) is 9.84 Å². The molecular formula is C19H19FN2O4S2. The summed E-state index contributed by atoms with van der Waals surface area (Å²) in [4.78, 5) is 15.8. The molecule has 0 aliphatic carbocycles. The van der Waals surface area contributed by atoms with Gasteiger partial charge in [-0.1, -0.05) is 6.07 Å². The highest BCUT2D eigenvalue weighted by Crippen LogP contribution is 2.23. The number of aliphatic carboxylic acids is 1. The quantitative estimate of drug-likeness (QED) is 0.561. The summed E-state index contributed by atoms with van der Waals surface area (Å²) in [7, 11) is -3.63. The van der Waals surface area contributed by atoms with E-state index in [0.29, 0.717) is 28.8 Å². The van der Waals surface area contributed by atoms with Crippen LogP contribution in [0.2, 0.25) is 0 Å². The minimum Gasteiger partial charge on any atom is -0.480 e. The van der Waals surface area contributed by atoms with Gasteiger partial charge in [-0.2, -0.15) is 11.8 Å². The zero-order valence-corrected chi connectivity index (χ0v) is 16.8. The van der Waals surface area contributed by atoms with Gasteiger partial charge in [-0.25, -0.2) is 17.8 Å². The van der Waals surface area contributed by atoms with Gasteiger partial charge >= 0.3 is 5.97 Å². The number of sulfone groups is 1. The number of benzene rings is 2. The van der Waals surface area contributed by atoms with Gasteiger partial charge in [0.1, 0.15) is 18.2 Å². The van der Waals surface area contributed by atoms with Crippen molar-refractivity contribution < 1.29 is 22.7 Å². The molecule has 1 N–H and O–H groups in total. The average molecular weight is 423 g/mol. The molecule has 0 spiro atoms. The number of nitrogens with zero attached hydrogens (tertiary/aromatic N) is 2. The molecule has 0 bridgehead atoms. The van der Waals surface area contributed by atoms with Crippen LogP contribution < -0.4 is 0 Å². The maximum absolute atomic E-state index is 13.0. The molecule has 3 aromatic rings. The number of carbonyl (C=O) groups is 1. The SMILES string of the molecule is CSCCc1nc2cc(CS(=O)(=O)c3ccc(F)cc3)ccc2n1CC(=O)O. The van der Waals surface area contributed by atoms with Crippen LogP contribution in [-0.2, 0) is 33.4 Å². The molecule has 148 valence electrons. The number of carboxylic acids is 1. The monoisotopic (exact) mass is 422 g/mol. The zero-order valence-electron chi connectivity index (χ0n) is 15.1. The molecule has 0 saturated heterocycles. The van der Waals surface area contributed by atoms with Crippen LogP contribution in [0.5, 0.6) is 0 Å². The van der Waals surface area contributed by atoms with Crippen LogP contribution in [0.3, 0.4) is 0 Å². The van der Waals surface area contributed by atoms with Crippen LogP contribution in [0.25, 0.3) is 11.0 Å². The first-order valence-electron chi connectivity index (χ1n) is 8.47. The van der Waals surface area contributed by atoms with Gasteiger partial charge in [-0.15, -0.1) is 0 Å². The molecular weight excluding hydrogens is 403 g/mol. The number of thioether (sulfide) groups is 1. The van der Waals surface area contributed by atoms with Gasteiger partial charge in [0.05, 0.1) is 21.7 Å². The zero-order chi connectivity index (χ0) is 20.3. The predicted molar refractivity (Wildman–Crippen MR) is 107 cm³/mol. The highest BCUT2D eigenvalue weighted by atomic mass is 32.2. The Morgan fingerprint density at radius 3 is 2.57 bits per heavy atom. The normalized spacial score (nSPS) is 11.8. The summed E-state index contributed by atoms with van der Waals surface area (Å²) in [6.07, 6.45) is 2.58. The number of aryl methyl sites for hydroxylation is 1. The fourth-order valence-electron chi connectivity index (χ4n) is 2.96. The van der Waals surface area contributed by atoms with E-state index >= 15 is 0 Å². The predicted octanol–water partition coefficient (Wildman–Crippen LogP) is 3.14. The Balaban J connectivity index is 1.95. The number of hydrogen-bond acceptors (Lipinski definition) is 5. The van der Waals surface area contributed by atoms with Gasteiger partial charge in [0.2, 0.25) is 0 Å². The van der Waals surface area contributed by atoms with Gasteiger partial charge < -0.3 is 9.67 Å². The van der Waals surface area contributed by atoms with Crippen molar-refractivity contribution >= 4 is 38.6 Å². The molecule has 0 saturated carbocycles. The van der Waals surface area contributed by atoms with Crippen molar-refractivity contribution in [1.82, 2.24) is 9.55 Å². The summed E-state index contributed by atoms with van der Waals surface area (Å²) in [6.45, 7) is -0.201. The van der Waals surface area contributed by atoms with E-state index < -0.39 is 21.6 Å². The van der Waals surface area contributed by atoms with E-state index in [4.69, 9.17) is 0 Å². The third-order valence-electron chi connectivity index (χ3n) is 4.24. The summed E-state index contributed by atoms with van der Waals surface area (Å²) in [5.41, 5.74) is 1.75. The van der Waals surface area contributed by atoms with Crippen molar-refractivity contribution in [3.63, 3.8) is 0 Å². The smallest absolute Gasteiger partial charge is 0.323 e. The molecule has 0 aliphatic rings. The number of rotatable bonds is 8. The number of halogens is 1. The maximum Gasteiger partial charge on any atom is 0.323 e. The number of aromatic nitrogens is 2. The minimum atomic E-state index is -3.63. The van der Waals surface area contributed by atoms with E-state index in [1.807, 2.05) is 6.26 Å². The molecule has 1 heterocycles. The first kappa shape index (κ1) is 20.3. The van der Waals surface area contributed by atoms with Crippen molar-refractivity contribution in [3.8, 4) is 0 Å². The van der Waals surface area contributed by atoms with Crippen molar-refractivity contribution in [2.75, 3.05) is 12.0 Å². The Hall–Kier alpha value is -2.39. The Kier molecular flexibility index (Phi) is 6.04. The second-order valence-corrected chi connectivity index (χ2v) is 9.26. The van der Waals surface area contributed by atoms with Crippen molar-refractivity contribution in [3.05, 3.63) is 59.7 Å². The molecule has 3 rings (SSSR count). The van der Waals surface area contributed by atoms with Gasteiger partial charge in [-0.05, 0) is 48.2 Å². The Labute approximate surface area is 166 Å². The first-order chi connectivity index (χ1) is 13.3. The fraction of sp³-hybridized carbons (Fsp3) is 0.263. The molecule has 0 atom stereocenters. The molecule has 0 fully saturated rings. The standard InChI is InChI=1S/C19H19FN2O4S2/c1-27-9-8-18-21-16-10-13(2-7-17(16)22(18)11-19(23)24)12-28(25,26)15-5-3-14(20)4-6-15/h2-7,10H,8-9,11-12H2,1H3,(H,23,24). The third-order valence-corrected chi connectivity index (χ3v) is 6.56. The Morgan fingerprint density at radius 1 is 1.21 bits per heavy atom. The van der Waals surface area contributed by atoms with E-state index in [0.717, 1.165) is 17.9 Å². The minimum absolute atomic E-state index is 0.0473. The molecule has 1 aromatic heterocycles. The molecule has 0 aliphatic heterocycles. The van der Waals surface area contributed by atoms with Gasteiger partial charge in [0, 0.05) is 12.2 Å². The van der Waals surface area contributed by atoms with Crippen LogP contribution in [0.15, 0.2) is 47.4 Å². The largest absolute Gasteiger partial charge is 0.480 e. The third kappa shape index (κ3) is 4.53. The maximum atomic E-state index is 13.0. The second kappa shape index (κ2) is 8.32. The van der Waals surface area contributed by atoms with Crippen LogP contribution in [0.4, 0.5) is 4.39 Å². The summed E-state index contributed by atoms with van der Waals surface area (Å²) >= 11 is 1.64. The van der Waals surface area contributed by atoms with Crippen molar-refractivity contribution in [2.45, 2.75) is 23.6 Å². The lowest BCUT2D eigenvalue weighted by Gasteiger charge is -2.07. The number of fused-ring (bicyclic) bond motifs is 1. The van der Waals surface area contributed by atoms with E-state index in [-0.39, 0.29) is 17.2 Å². The lowest BCUT2D eigenvalue weighted by molar-refractivity contribution is -0.137. The average Bonchev–Trinajstić information content (AvgIpc) is 2.96. The number of carboxylic acid groups (broad SMARTS) is 1. The van der Waals surface area contributed by atoms with Crippen molar-refractivity contribution in [2.24, 2.45) is 0 Å². The molecule has 6 nitrogen and oxygen atoms in total. The Morgan fingerprint density at radius 2 is 1.93 bits per heavy atom. The summed E-state index contributed by atoms with van der Waals surface area (Å²) < 4.78 is 39.9. The summed E-state index contributed by atoms with van der Waals surface area (Å²) in [6, 6.07) is 9.72. The first-order valence-corrected chi connectivity index (χ1v) is 11.5. The van der Waals surface area contributed by atoms with Crippen LogP contribution in [0.1, 0.15) is 11.4 Å². The topological polar surface area (TPSA) is 89.3 Å². The lowest BCUT2D eigenvalue weighted by Crippen LogP contribution is -2.12. The summed E-state index contributed by atoms with van der Waals surface area (Å²) in [5, 5.41) is 9.19. The molecule has 0 radical (unpaired) electrons. The summed E-state index contributed by atoms with van der Waals surface area (Å²) in [5.74, 6) is -0.255. The molecule has 0 unspecified atom stereocenters.